The third kappa shape index (κ3) is 6.94. The zero-order valence-electron chi connectivity index (χ0n) is 21.6. The predicted octanol–water partition coefficient (Wildman–Crippen LogP) is 4.91. The van der Waals surface area contributed by atoms with Gasteiger partial charge in [-0.1, -0.05) is 63.9 Å². The lowest BCUT2D eigenvalue weighted by atomic mass is 10.1. The number of carbonyl (C=O) groups is 2. The van der Waals surface area contributed by atoms with Crippen LogP contribution in [0.4, 0.5) is 0 Å². The molecule has 1 saturated heterocycles. The van der Waals surface area contributed by atoms with E-state index >= 15 is 0 Å². The van der Waals surface area contributed by atoms with E-state index in [0.717, 1.165) is 4.68 Å². The average molecular weight is 702 g/mol. The molecule has 0 aliphatic carbocycles. The lowest BCUT2D eigenvalue weighted by Crippen LogP contribution is -2.45. The minimum absolute atomic E-state index is 0.0186. The number of amides is 2. The van der Waals surface area contributed by atoms with E-state index in [4.69, 9.17) is 21.3 Å². The van der Waals surface area contributed by atoms with Crippen LogP contribution in [0.2, 0.25) is 5.02 Å². The van der Waals surface area contributed by atoms with Crippen LogP contribution in [0.15, 0.2) is 80.5 Å². The molecule has 5 rings (SSSR count). The predicted molar refractivity (Wildman–Crippen MR) is 166 cm³/mol. The number of carbonyl (C=O) groups excluding carboxylic acids is 2. The number of benzene rings is 3. The number of rotatable bonds is 7. The van der Waals surface area contributed by atoms with Crippen molar-refractivity contribution in [2.45, 2.75) is 0 Å². The largest absolute Gasteiger partial charge is 0.379 e. The van der Waals surface area contributed by atoms with Gasteiger partial charge < -0.3 is 10.1 Å². The van der Waals surface area contributed by atoms with Crippen molar-refractivity contribution >= 4 is 78.0 Å². The molecule has 0 spiro atoms. The Bertz CT molecular complexity index is 1710. The molecule has 9 nitrogen and oxygen atoms in total. The molecule has 2 heterocycles. The molecule has 41 heavy (non-hydrogen) atoms. The number of nitrogens with one attached hydrogen (secondary N) is 2. The van der Waals surface area contributed by atoms with Gasteiger partial charge in [-0.05, 0) is 57.9 Å². The molecule has 3 aromatic carbocycles. The first-order valence-corrected chi connectivity index (χ1v) is 14.6. The number of aromatic nitrogens is 2. The van der Waals surface area contributed by atoms with Crippen molar-refractivity contribution in [3.05, 3.63) is 108 Å². The maximum absolute atomic E-state index is 13.9. The van der Waals surface area contributed by atoms with Crippen LogP contribution in [0, 0.1) is 0 Å². The number of ether oxygens (including phenoxy) is 1. The Morgan fingerprint density at radius 2 is 1.73 bits per heavy atom. The Morgan fingerprint density at radius 1 is 1.02 bits per heavy atom. The Hall–Kier alpha value is -3.35. The van der Waals surface area contributed by atoms with E-state index in [9.17, 15) is 14.4 Å². The standard InChI is InChI=1S/C29H24Br2ClN5O4/c30-20-15-21-26(22(31)16-20)34-27(37(29(21)40)35-25(38)17-36-10-12-41-13-11-36)24(14-19-8-4-5-9-23(19)32)33-28(39)18-6-2-1-3-7-18/h1-9,14-16H,10-13,17H2,(H,33,39)(H,35,38)/b24-14-. The van der Waals surface area contributed by atoms with Crippen LogP contribution in [0.1, 0.15) is 21.7 Å². The summed E-state index contributed by atoms with van der Waals surface area (Å²) in [5, 5.41) is 3.57. The molecule has 0 saturated carbocycles. The molecule has 0 bridgehead atoms. The fraction of sp³-hybridized carbons (Fsp3) is 0.172. The first kappa shape index (κ1) is 29.2. The number of nitrogens with zero attached hydrogens (tertiary/aromatic N) is 3. The third-order valence-electron chi connectivity index (χ3n) is 6.33. The van der Waals surface area contributed by atoms with Crippen LogP contribution in [0.3, 0.4) is 0 Å². The van der Waals surface area contributed by atoms with Gasteiger partial charge in [-0.3, -0.25) is 24.7 Å². The molecule has 2 N–H and O–H groups in total. The van der Waals surface area contributed by atoms with Crippen molar-refractivity contribution < 1.29 is 14.3 Å². The first-order valence-electron chi connectivity index (χ1n) is 12.6. The van der Waals surface area contributed by atoms with Crippen molar-refractivity contribution in [3.63, 3.8) is 0 Å². The van der Waals surface area contributed by atoms with E-state index in [1.807, 2.05) is 4.90 Å². The van der Waals surface area contributed by atoms with Gasteiger partial charge in [0.25, 0.3) is 17.4 Å². The summed E-state index contributed by atoms with van der Waals surface area (Å²) in [4.78, 5) is 47.2. The second-order valence-electron chi connectivity index (χ2n) is 9.18. The molecular formula is C29H24Br2ClN5O4. The Kier molecular flexibility index (Phi) is 9.31. The summed E-state index contributed by atoms with van der Waals surface area (Å²) in [6, 6.07) is 19.1. The Morgan fingerprint density at radius 3 is 2.46 bits per heavy atom. The molecule has 210 valence electrons. The average Bonchev–Trinajstić information content (AvgIpc) is 2.96. The summed E-state index contributed by atoms with van der Waals surface area (Å²) in [6.07, 6.45) is 1.62. The van der Waals surface area contributed by atoms with Gasteiger partial charge in [0.2, 0.25) is 0 Å². The zero-order chi connectivity index (χ0) is 28.9. The molecule has 1 aliphatic heterocycles. The molecule has 0 unspecified atom stereocenters. The van der Waals surface area contributed by atoms with Crippen molar-refractivity contribution in [1.29, 1.82) is 0 Å². The lowest BCUT2D eigenvalue weighted by molar-refractivity contribution is -0.119. The summed E-state index contributed by atoms with van der Waals surface area (Å²) < 4.78 is 7.65. The summed E-state index contributed by atoms with van der Waals surface area (Å²) in [5.74, 6) is -0.832. The summed E-state index contributed by atoms with van der Waals surface area (Å²) >= 11 is 13.4. The van der Waals surface area contributed by atoms with Crippen molar-refractivity contribution in [1.82, 2.24) is 19.9 Å². The highest BCUT2D eigenvalue weighted by atomic mass is 79.9. The van der Waals surface area contributed by atoms with Crippen molar-refractivity contribution in [2.24, 2.45) is 0 Å². The second kappa shape index (κ2) is 13.1. The van der Waals surface area contributed by atoms with Gasteiger partial charge in [-0.25, -0.2) is 4.98 Å². The topological polar surface area (TPSA) is 106 Å². The van der Waals surface area contributed by atoms with Gasteiger partial charge in [0.05, 0.1) is 36.4 Å². The van der Waals surface area contributed by atoms with Gasteiger partial charge >= 0.3 is 0 Å². The number of hydrogen-bond acceptors (Lipinski definition) is 6. The fourth-order valence-corrected chi connectivity index (χ4v) is 5.81. The number of morpholine rings is 1. The normalized spacial score (nSPS) is 14.2. The summed E-state index contributed by atoms with van der Waals surface area (Å²) in [6.45, 7) is 2.28. The van der Waals surface area contributed by atoms with Gasteiger partial charge in [0.15, 0.2) is 5.82 Å². The van der Waals surface area contributed by atoms with Crippen LogP contribution in [-0.2, 0) is 9.53 Å². The van der Waals surface area contributed by atoms with Crippen molar-refractivity contribution in [3.8, 4) is 0 Å². The van der Waals surface area contributed by atoms with E-state index in [2.05, 4.69) is 42.6 Å². The van der Waals surface area contributed by atoms with Crippen LogP contribution in [0.25, 0.3) is 22.7 Å². The quantitative estimate of drug-likeness (QED) is 0.284. The molecule has 1 aliphatic rings. The molecular weight excluding hydrogens is 678 g/mol. The first-order chi connectivity index (χ1) is 19.8. The third-order valence-corrected chi connectivity index (χ3v) is 7.74. The van der Waals surface area contributed by atoms with E-state index in [0.29, 0.717) is 56.9 Å². The molecule has 1 fully saturated rings. The molecule has 0 radical (unpaired) electrons. The summed E-state index contributed by atoms with van der Waals surface area (Å²) in [5.41, 5.74) is 3.68. The molecule has 1 aromatic heterocycles. The highest BCUT2D eigenvalue weighted by Gasteiger charge is 2.22. The maximum Gasteiger partial charge on any atom is 0.280 e. The van der Waals surface area contributed by atoms with Crippen molar-refractivity contribution in [2.75, 3.05) is 38.3 Å². The van der Waals surface area contributed by atoms with Crippen LogP contribution in [-0.4, -0.2) is 59.2 Å². The monoisotopic (exact) mass is 699 g/mol. The van der Waals surface area contributed by atoms with Gasteiger partial charge in [0.1, 0.15) is 0 Å². The van der Waals surface area contributed by atoms with E-state index in [1.54, 1.807) is 72.8 Å². The van der Waals surface area contributed by atoms with Crippen LogP contribution >= 0.6 is 43.5 Å². The number of hydrogen-bond donors (Lipinski definition) is 2. The SMILES string of the molecule is O=C(CN1CCOCC1)Nn1c(/C(=C/c2ccccc2Cl)NC(=O)c2ccccc2)nc2c(Br)cc(Br)cc2c1=O. The Balaban J connectivity index is 1.67. The van der Waals surface area contributed by atoms with Crippen LogP contribution in [0.5, 0.6) is 0 Å². The molecule has 2 amide bonds. The highest BCUT2D eigenvalue weighted by Crippen LogP contribution is 2.27. The minimum Gasteiger partial charge on any atom is -0.379 e. The molecule has 4 aromatic rings. The second-order valence-corrected chi connectivity index (χ2v) is 11.4. The molecule has 12 heteroatoms. The summed E-state index contributed by atoms with van der Waals surface area (Å²) in [7, 11) is 0. The Labute approximate surface area is 257 Å². The molecule has 0 atom stereocenters. The number of halogens is 3. The van der Waals surface area contributed by atoms with E-state index in [-0.39, 0.29) is 23.5 Å². The zero-order valence-corrected chi connectivity index (χ0v) is 25.5. The van der Waals surface area contributed by atoms with E-state index < -0.39 is 17.4 Å². The van der Waals surface area contributed by atoms with Gasteiger partial charge in [-0.2, -0.15) is 4.68 Å². The smallest absolute Gasteiger partial charge is 0.280 e. The van der Waals surface area contributed by atoms with Gasteiger partial charge in [-0.15, -0.1) is 0 Å². The maximum atomic E-state index is 13.9. The van der Waals surface area contributed by atoms with Crippen LogP contribution < -0.4 is 16.3 Å². The van der Waals surface area contributed by atoms with E-state index in [1.165, 1.54) is 0 Å². The minimum atomic E-state index is -0.527. The fourth-order valence-electron chi connectivity index (χ4n) is 4.31. The van der Waals surface area contributed by atoms with Gasteiger partial charge in [0, 0.05) is 32.6 Å². The highest BCUT2D eigenvalue weighted by molar-refractivity contribution is 9.11. The number of fused-ring (bicyclic) bond motifs is 1. The lowest BCUT2D eigenvalue weighted by Gasteiger charge is -2.26.